The summed E-state index contributed by atoms with van der Waals surface area (Å²) in [6.45, 7) is 6.41. The molecule has 6 nitrogen and oxygen atoms in total. The Bertz CT molecular complexity index is 1220. The largest absolute Gasteiger partial charge is 0.462 e. The van der Waals surface area contributed by atoms with Crippen LogP contribution in [0.5, 0.6) is 0 Å². The van der Waals surface area contributed by atoms with Gasteiger partial charge in [-0.05, 0) is 57.8 Å². The molecule has 0 fully saturated rings. The second kappa shape index (κ2) is 50.2. The van der Waals surface area contributed by atoms with Crippen molar-refractivity contribution in [3.63, 3.8) is 0 Å². The van der Waals surface area contributed by atoms with Crippen LogP contribution >= 0.6 is 0 Å². The van der Waals surface area contributed by atoms with Crippen LogP contribution in [0.3, 0.4) is 0 Å². The summed E-state index contributed by atoms with van der Waals surface area (Å²) in [5.41, 5.74) is 0. The molecule has 354 valence electrons. The SMILES string of the molecule is CC\C=C/C=C\C=C/C=C\C=C\C=C/CCCCCC(=O)OCC(COC(=O)CCCCCCC/C=C\CCCC)OC(=O)CCCCCCCCCCCCCCCCCC. The lowest BCUT2D eigenvalue weighted by Gasteiger charge is -2.18. The second-order valence-electron chi connectivity index (χ2n) is 16.9. The Morgan fingerprint density at radius 1 is 0.339 bits per heavy atom. The summed E-state index contributed by atoms with van der Waals surface area (Å²) in [5.74, 6) is -0.947. The Morgan fingerprint density at radius 2 is 0.661 bits per heavy atom. The second-order valence-corrected chi connectivity index (χ2v) is 16.9. The number of esters is 3. The van der Waals surface area contributed by atoms with Gasteiger partial charge in [0.15, 0.2) is 6.10 Å². The van der Waals surface area contributed by atoms with Gasteiger partial charge in [0.25, 0.3) is 0 Å². The molecular formula is C56H94O6. The van der Waals surface area contributed by atoms with Crippen LogP contribution in [0.2, 0.25) is 0 Å². The van der Waals surface area contributed by atoms with E-state index in [9.17, 15) is 14.4 Å². The van der Waals surface area contributed by atoms with Crippen LogP contribution in [0, 0.1) is 0 Å². The van der Waals surface area contributed by atoms with Gasteiger partial charge >= 0.3 is 17.9 Å². The zero-order valence-corrected chi connectivity index (χ0v) is 40.4. The summed E-state index contributed by atoms with van der Waals surface area (Å²) in [4.78, 5) is 37.9. The lowest BCUT2D eigenvalue weighted by atomic mass is 10.0. The van der Waals surface area contributed by atoms with Gasteiger partial charge in [0.2, 0.25) is 0 Å². The normalized spacial score (nSPS) is 12.8. The van der Waals surface area contributed by atoms with E-state index in [0.29, 0.717) is 19.3 Å². The Morgan fingerprint density at radius 3 is 1.10 bits per heavy atom. The number of hydrogen-bond acceptors (Lipinski definition) is 6. The molecule has 0 bridgehead atoms. The molecule has 62 heavy (non-hydrogen) atoms. The maximum atomic E-state index is 12.8. The lowest BCUT2D eigenvalue weighted by molar-refractivity contribution is -0.167. The predicted molar refractivity (Wildman–Crippen MR) is 265 cm³/mol. The van der Waals surface area contributed by atoms with Gasteiger partial charge < -0.3 is 14.2 Å². The van der Waals surface area contributed by atoms with Crippen LogP contribution in [0.25, 0.3) is 0 Å². The maximum Gasteiger partial charge on any atom is 0.306 e. The number of ether oxygens (including phenoxy) is 3. The maximum absolute atomic E-state index is 12.8. The van der Waals surface area contributed by atoms with Crippen LogP contribution in [-0.2, 0) is 28.6 Å². The smallest absolute Gasteiger partial charge is 0.306 e. The summed E-state index contributed by atoms with van der Waals surface area (Å²) >= 11 is 0. The van der Waals surface area contributed by atoms with E-state index in [2.05, 4.69) is 45.1 Å². The van der Waals surface area contributed by atoms with Gasteiger partial charge in [-0.3, -0.25) is 14.4 Å². The summed E-state index contributed by atoms with van der Waals surface area (Å²) < 4.78 is 16.7. The molecule has 0 aromatic heterocycles. The quantitative estimate of drug-likeness (QED) is 0.0199. The molecule has 0 rings (SSSR count). The van der Waals surface area contributed by atoms with Crippen molar-refractivity contribution in [3.05, 3.63) is 85.1 Å². The fourth-order valence-electron chi connectivity index (χ4n) is 6.93. The third-order valence-electron chi connectivity index (χ3n) is 10.8. The van der Waals surface area contributed by atoms with Gasteiger partial charge in [-0.1, -0.05) is 241 Å². The molecule has 0 aromatic carbocycles. The molecule has 0 aliphatic rings. The van der Waals surface area contributed by atoms with E-state index in [1.165, 1.54) is 109 Å². The standard InChI is InChI=1S/C56H94O6/c1-4-7-10-13-16-19-22-24-26-28-30-31-34-37-40-43-46-49-55(58)61-52-53(51-60-54(57)48-45-42-39-36-33-21-18-15-12-9-6-3)62-56(59)50-47-44-41-38-35-32-29-27-25-23-20-17-14-11-8-5-2/h7,10,13,15-16,18-19,22,24,26,28,30-31,34,53H,4-6,8-9,11-12,14,17,20-21,23,25,27,29,32-33,35-52H2,1-3H3/b10-7-,16-13-,18-15-,22-19-,26-24-,30-28+,34-31-. The molecule has 1 atom stereocenters. The number of unbranched alkanes of at least 4 members (excludes halogenated alkanes) is 25. The molecule has 0 heterocycles. The van der Waals surface area contributed by atoms with Gasteiger partial charge in [0.1, 0.15) is 13.2 Å². The molecule has 1 unspecified atom stereocenters. The summed E-state index contributed by atoms with van der Waals surface area (Å²) in [6, 6.07) is 0. The first-order valence-electron chi connectivity index (χ1n) is 25.7. The Hall–Kier alpha value is -3.41. The third-order valence-corrected chi connectivity index (χ3v) is 10.8. The highest BCUT2D eigenvalue weighted by atomic mass is 16.6. The molecule has 0 radical (unpaired) electrons. The predicted octanol–water partition coefficient (Wildman–Crippen LogP) is 16.8. The van der Waals surface area contributed by atoms with Crippen molar-refractivity contribution < 1.29 is 28.6 Å². The molecule has 0 spiro atoms. The van der Waals surface area contributed by atoms with Gasteiger partial charge in [0.05, 0.1) is 0 Å². The molecule has 0 aromatic rings. The monoisotopic (exact) mass is 863 g/mol. The summed E-state index contributed by atoms with van der Waals surface area (Å²) in [7, 11) is 0. The van der Waals surface area contributed by atoms with Crippen molar-refractivity contribution >= 4 is 17.9 Å². The summed E-state index contributed by atoms with van der Waals surface area (Å²) in [5, 5.41) is 0. The van der Waals surface area contributed by atoms with E-state index >= 15 is 0 Å². The zero-order valence-electron chi connectivity index (χ0n) is 40.4. The first-order chi connectivity index (χ1) is 30.5. The minimum atomic E-state index is -0.796. The van der Waals surface area contributed by atoms with E-state index < -0.39 is 6.10 Å². The highest BCUT2D eigenvalue weighted by Gasteiger charge is 2.19. The Kier molecular flexibility index (Phi) is 47.5. The van der Waals surface area contributed by atoms with Gasteiger partial charge in [-0.2, -0.15) is 0 Å². The van der Waals surface area contributed by atoms with Crippen molar-refractivity contribution in [2.45, 2.75) is 239 Å². The zero-order chi connectivity index (χ0) is 45.1. The number of hydrogen-bond donors (Lipinski definition) is 0. The van der Waals surface area contributed by atoms with E-state index in [1.807, 2.05) is 60.8 Å². The van der Waals surface area contributed by atoms with Crippen molar-refractivity contribution in [2.24, 2.45) is 0 Å². The van der Waals surface area contributed by atoms with Crippen LogP contribution in [0.1, 0.15) is 233 Å². The van der Waals surface area contributed by atoms with E-state index in [1.54, 1.807) is 0 Å². The van der Waals surface area contributed by atoms with Crippen molar-refractivity contribution in [3.8, 4) is 0 Å². The first kappa shape index (κ1) is 58.6. The number of carbonyl (C=O) groups is 3. The van der Waals surface area contributed by atoms with Crippen molar-refractivity contribution in [2.75, 3.05) is 13.2 Å². The number of carbonyl (C=O) groups excluding carboxylic acids is 3. The molecule has 6 heteroatoms. The lowest BCUT2D eigenvalue weighted by Crippen LogP contribution is -2.30. The van der Waals surface area contributed by atoms with Crippen LogP contribution < -0.4 is 0 Å². The average molecular weight is 863 g/mol. The van der Waals surface area contributed by atoms with Gasteiger partial charge in [0, 0.05) is 19.3 Å². The van der Waals surface area contributed by atoms with Crippen LogP contribution in [-0.4, -0.2) is 37.2 Å². The highest BCUT2D eigenvalue weighted by Crippen LogP contribution is 2.15. The molecule has 0 saturated heterocycles. The fraction of sp³-hybridized carbons (Fsp3) is 0.696. The highest BCUT2D eigenvalue weighted by molar-refractivity contribution is 5.71. The minimum Gasteiger partial charge on any atom is -0.462 e. The molecule has 0 N–H and O–H groups in total. The molecule has 0 aliphatic carbocycles. The van der Waals surface area contributed by atoms with Crippen molar-refractivity contribution in [1.82, 2.24) is 0 Å². The topological polar surface area (TPSA) is 78.9 Å². The minimum absolute atomic E-state index is 0.0945. The molecule has 0 amide bonds. The van der Waals surface area contributed by atoms with E-state index in [4.69, 9.17) is 14.2 Å². The molecular weight excluding hydrogens is 769 g/mol. The molecule has 0 aliphatic heterocycles. The van der Waals surface area contributed by atoms with Gasteiger partial charge in [-0.15, -0.1) is 0 Å². The van der Waals surface area contributed by atoms with Gasteiger partial charge in [-0.25, -0.2) is 0 Å². The molecule has 0 saturated carbocycles. The number of rotatable bonds is 45. The summed E-state index contributed by atoms with van der Waals surface area (Å²) in [6.07, 6.45) is 64.2. The Balaban J connectivity index is 4.46. The Labute approximate surface area is 382 Å². The van der Waals surface area contributed by atoms with Crippen molar-refractivity contribution in [1.29, 1.82) is 0 Å². The van der Waals surface area contributed by atoms with E-state index in [-0.39, 0.29) is 31.1 Å². The van der Waals surface area contributed by atoms with Crippen LogP contribution in [0.4, 0.5) is 0 Å². The first-order valence-corrected chi connectivity index (χ1v) is 25.7. The number of allylic oxidation sites excluding steroid dienone is 14. The average Bonchev–Trinajstić information content (AvgIpc) is 3.27. The van der Waals surface area contributed by atoms with Crippen LogP contribution in [0.15, 0.2) is 85.1 Å². The van der Waals surface area contributed by atoms with E-state index in [0.717, 1.165) is 83.5 Å². The third kappa shape index (κ3) is 47.6. The fourth-order valence-corrected chi connectivity index (χ4v) is 6.93.